The van der Waals surface area contributed by atoms with Crippen LogP contribution in [0, 0.1) is 0 Å². The number of azide groups is 1. The van der Waals surface area contributed by atoms with Crippen molar-refractivity contribution in [3.05, 3.63) is 34.7 Å². The van der Waals surface area contributed by atoms with E-state index in [4.69, 9.17) is 5.53 Å². The number of halogens is 1. The highest BCUT2D eigenvalue weighted by Crippen LogP contribution is 2.12. The third-order valence-electron chi connectivity index (χ3n) is 1.10. The number of nitrogens with zero attached hydrogens (tertiary/aromatic N) is 3. The molecule has 58 valence electrons. The average molecular weight is 171 g/mol. The number of hydrogen-bond acceptors (Lipinski definition) is 1. The lowest BCUT2D eigenvalue weighted by Gasteiger charge is -1.87. The van der Waals surface area contributed by atoms with Crippen LogP contribution in [0.15, 0.2) is 29.4 Å². The van der Waals surface area contributed by atoms with Crippen molar-refractivity contribution in [3.63, 3.8) is 0 Å². The minimum absolute atomic E-state index is 0. The van der Waals surface area contributed by atoms with Gasteiger partial charge >= 0.3 is 0 Å². The molecular formula is C6H7ClN4. The van der Waals surface area contributed by atoms with Gasteiger partial charge in [0.25, 0.3) is 0 Å². The Morgan fingerprint density at radius 1 is 1.27 bits per heavy atom. The first kappa shape index (κ1) is 9.78. The van der Waals surface area contributed by atoms with Gasteiger partial charge in [-0.3, -0.25) is 0 Å². The van der Waals surface area contributed by atoms with Crippen molar-refractivity contribution < 1.29 is 18.1 Å². The molecule has 0 radical (unpaired) electrons. The van der Waals surface area contributed by atoms with Crippen LogP contribution in [0.2, 0.25) is 0 Å². The maximum absolute atomic E-state index is 8.03. The van der Waals surface area contributed by atoms with Crippen LogP contribution in [0.1, 0.15) is 0 Å². The molecule has 11 heavy (non-hydrogen) atoms. The highest BCUT2D eigenvalue weighted by molar-refractivity contribution is 5.42. The van der Waals surface area contributed by atoms with Gasteiger partial charge in [0.1, 0.15) is 5.69 Å². The zero-order chi connectivity index (χ0) is 7.40. The zero-order valence-electron chi connectivity index (χ0n) is 5.74. The van der Waals surface area contributed by atoms with E-state index in [1.165, 1.54) is 0 Å². The van der Waals surface area contributed by atoms with Gasteiger partial charge in [-0.05, 0) is 29.8 Å². The summed E-state index contributed by atoms with van der Waals surface area (Å²) in [6, 6.07) is 7.04. The molecule has 0 bridgehead atoms. The molecule has 4 nitrogen and oxygen atoms in total. The van der Waals surface area contributed by atoms with E-state index in [-0.39, 0.29) is 12.4 Å². The summed E-state index contributed by atoms with van der Waals surface area (Å²) in [4.78, 5) is 2.64. The number of rotatable bonds is 1. The molecule has 0 aliphatic carbocycles. The van der Waals surface area contributed by atoms with E-state index in [1.807, 2.05) is 0 Å². The summed E-state index contributed by atoms with van der Waals surface area (Å²) < 4.78 is 0. The van der Waals surface area contributed by atoms with Crippen molar-refractivity contribution in [2.75, 3.05) is 0 Å². The molecule has 0 aromatic heterocycles. The predicted molar refractivity (Wildman–Crippen MR) is 37.8 cm³/mol. The van der Waals surface area contributed by atoms with E-state index >= 15 is 0 Å². The molecule has 1 rings (SSSR count). The highest BCUT2D eigenvalue weighted by atomic mass is 35.5. The summed E-state index contributed by atoms with van der Waals surface area (Å²) in [7, 11) is 0. The molecule has 0 aliphatic heterocycles. The molecule has 0 spiro atoms. The predicted octanol–water partition coefficient (Wildman–Crippen LogP) is -1.49. The third kappa shape index (κ3) is 2.91. The van der Waals surface area contributed by atoms with E-state index in [0.717, 1.165) is 5.69 Å². The molecule has 1 aromatic rings. The van der Waals surface area contributed by atoms with Crippen LogP contribution < -0.4 is 18.1 Å². The van der Waals surface area contributed by atoms with Crippen LogP contribution >= 0.6 is 0 Å². The first-order valence-corrected chi connectivity index (χ1v) is 2.80. The molecule has 0 atom stereocenters. The molecule has 5 heteroatoms. The van der Waals surface area contributed by atoms with Crippen LogP contribution in [0.5, 0.6) is 0 Å². The summed E-state index contributed by atoms with van der Waals surface area (Å²) >= 11 is 0. The van der Waals surface area contributed by atoms with Crippen LogP contribution in [0.4, 0.5) is 11.4 Å². The van der Waals surface area contributed by atoms with Gasteiger partial charge < -0.3 is 18.1 Å². The number of quaternary nitrogens is 1. The zero-order valence-corrected chi connectivity index (χ0v) is 6.49. The second kappa shape index (κ2) is 4.57. The molecular weight excluding hydrogens is 164 g/mol. The van der Waals surface area contributed by atoms with Crippen molar-refractivity contribution >= 4 is 11.4 Å². The van der Waals surface area contributed by atoms with Gasteiger partial charge in [0.2, 0.25) is 0 Å². The van der Waals surface area contributed by atoms with E-state index < -0.39 is 0 Å². The van der Waals surface area contributed by atoms with Gasteiger partial charge in [0.15, 0.2) is 0 Å². The Labute approximate surface area is 70.1 Å². The topological polar surface area (TPSA) is 76.4 Å². The lowest BCUT2D eigenvalue weighted by Crippen LogP contribution is -3.00. The Bertz CT molecular complexity index is 262. The summed E-state index contributed by atoms with van der Waals surface area (Å²) in [5.41, 5.74) is 13.3. The molecule has 0 unspecified atom stereocenters. The quantitative estimate of drug-likeness (QED) is 0.303. The molecule has 0 amide bonds. The summed E-state index contributed by atoms with van der Waals surface area (Å²) in [5, 5.41) is 3.40. The Morgan fingerprint density at radius 3 is 2.27 bits per heavy atom. The fourth-order valence-corrected chi connectivity index (χ4v) is 0.614. The minimum atomic E-state index is 0. The minimum Gasteiger partial charge on any atom is -1.00 e. The van der Waals surface area contributed by atoms with Crippen molar-refractivity contribution in [3.8, 4) is 0 Å². The lowest BCUT2D eigenvalue weighted by atomic mass is 10.3. The van der Waals surface area contributed by atoms with Crippen LogP contribution in [-0.4, -0.2) is 0 Å². The van der Waals surface area contributed by atoms with E-state index in [0.29, 0.717) is 5.69 Å². The Balaban J connectivity index is 0.000001000. The molecule has 0 fully saturated rings. The van der Waals surface area contributed by atoms with Crippen molar-refractivity contribution in [2.24, 2.45) is 5.11 Å². The molecule has 0 saturated heterocycles. The summed E-state index contributed by atoms with van der Waals surface area (Å²) in [6.45, 7) is 0. The van der Waals surface area contributed by atoms with Gasteiger partial charge in [-0.2, -0.15) is 0 Å². The maximum atomic E-state index is 8.03. The molecule has 0 saturated carbocycles. The number of benzene rings is 1. The lowest BCUT2D eigenvalue weighted by molar-refractivity contribution is -0.254. The monoisotopic (exact) mass is 170 g/mol. The van der Waals surface area contributed by atoms with E-state index in [2.05, 4.69) is 15.8 Å². The smallest absolute Gasteiger partial charge is 0.127 e. The molecule has 0 heterocycles. The summed E-state index contributed by atoms with van der Waals surface area (Å²) in [5.74, 6) is 0. The Kier molecular flexibility index (Phi) is 4.07. The summed E-state index contributed by atoms with van der Waals surface area (Å²) in [6.07, 6.45) is 0. The second-order valence-electron chi connectivity index (χ2n) is 1.86. The first-order valence-electron chi connectivity index (χ1n) is 2.80. The molecule has 0 aliphatic rings. The van der Waals surface area contributed by atoms with Gasteiger partial charge in [0, 0.05) is 10.6 Å². The first-order chi connectivity index (χ1) is 4.83. The number of hydrogen-bond donors (Lipinski definition) is 1. The van der Waals surface area contributed by atoms with Crippen molar-refractivity contribution in [2.45, 2.75) is 0 Å². The van der Waals surface area contributed by atoms with Crippen molar-refractivity contribution in [1.29, 1.82) is 0 Å². The van der Waals surface area contributed by atoms with Crippen LogP contribution in [0.25, 0.3) is 10.4 Å². The van der Waals surface area contributed by atoms with Crippen LogP contribution in [0.3, 0.4) is 0 Å². The SMILES string of the molecule is [Cl-].[N-]=[N+]=Nc1ccc([NH3+])cc1. The van der Waals surface area contributed by atoms with E-state index in [1.54, 1.807) is 24.3 Å². The van der Waals surface area contributed by atoms with Gasteiger partial charge in [0.05, 0.1) is 0 Å². The van der Waals surface area contributed by atoms with Crippen molar-refractivity contribution in [1.82, 2.24) is 0 Å². The largest absolute Gasteiger partial charge is 1.00 e. The van der Waals surface area contributed by atoms with E-state index in [9.17, 15) is 0 Å². The standard InChI is InChI=1S/C6H6N4.ClH/c7-5-1-3-6(4-2-5)9-10-8;/h1-4H,7H2;1H. The fraction of sp³-hybridized carbons (Fsp3) is 0. The molecule has 1 aromatic carbocycles. The normalized spacial score (nSPS) is 7.73. The third-order valence-corrected chi connectivity index (χ3v) is 1.10. The van der Waals surface area contributed by atoms with Gasteiger partial charge in [-0.25, -0.2) is 0 Å². The van der Waals surface area contributed by atoms with Gasteiger partial charge in [-0.1, -0.05) is 5.11 Å². The fourth-order valence-electron chi connectivity index (χ4n) is 0.614. The molecule has 3 N–H and O–H groups in total. The highest BCUT2D eigenvalue weighted by Gasteiger charge is 1.87. The van der Waals surface area contributed by atoms with Crippen LogP contribution in [-0.2, 0) is 0 Å². The Morgan fingerprint density at radius 2 is 1.82 bits per heavy atom. The Hall–Kier alpha value is -1.22. The maximum Gasteiger partial charge on any atom is 0.127 e. The average Bonchev–Trinajstić information content (AvgIpc) is 1.95. The van der Waals surface area contributed by atoms with Gasteiger partial charge in [-0.15, -0.1) is 0 Å². The second-order valence-corrected chi connectivity index (χ2v) is 1.86.